The summed E-state index contributed by atoms with van der Waals surface area (Å²) in [4.78, 5) is 0. The largest absolute Gasteiger partial charge is 0.422 e. The van der Waals surface area contributed by atoms with Crippen molar-refractivity contribution in [1.29, 1.82) is 0 Å². The number of ether oxygens (including phenoxy) is 1. The minimum absolute atomic E-state index is 0.321. The molecular formula is C7H18O2Si. The van der Waals surface area contributed by atoms with Gasteiger partial charge in [-0.2, -0.15) is 0 Å². The van der Waals surface area contributed by atoms with Gasteiger partial charge in [-0.3, -0.25) is 0 Å². The Morgan fingerprint density at radius 3 is 2.40 bits per heavy atom. The number of methoxy groups -OCH3 is 1. The van der Waals surface area contributed by atoms with E-state index in [1.807, 2.05) is 0 Å². The third kappa shape index (κ3) is 3.34. The highest BCUT2D eigenvalue weighted by Crippen LogP contribution is 2.09. The number of hydrogen-bond acceptors (Lipinski definition) is 2. The lowest BCUT2D eigenvalue weighted by molar-refractivity contribution is 0.0528. The molecule has 0 aromatic rings. The van der Waals surface area contributed by atoms with Crippen molar-refractivity contribution >= 4 is 10.5 Å². The van der Waals surface area contributed by atoms with Crippen molar-refractivity contribution in [3.05, 3.63) is 0 Å². The number of hydrogen-bond donors (Lipinski definition) is 0. The third-order valence-corrected chi connectivity index (χ3v) is 2.52. The van der Waals surface area contributed by atoms with Crippen LogP contribution in [0, 0.1) is 5.92 Å². The van der Waals surface area contributed by atoms with Gasteiger partial charge in [-0.05, 0) is 5.92 Å². The highest BCUT2D eigenvalue weighted by Gasteiger charge is 2.12. The Bertz CT molecular complexity index is 78.0. The van der Waals surface area contributed by atoms with Crippen molar-refractivity contribution in [3.63, 3.8) is 0 Å². The molecule has 0 saturated heterocycles. The quantitative estimate of drug-likeness (QED) is 0.543. The van der Waals surface area contributed by atoms with Gasteiger partial charge in [-0.25, -0.2) is 0 Å². The molecule has 0 aromatic heterocycles. The number of rotatable bonds is 5. The van der Waals surface area contributed by atoms with Crippen LogP contribution in [0.15, 0.2) is 0 Å². The molecule has 2 atom stereocenters. The topological polar surface area (TPSA) is 18.5 Å². The molecule has 0 N–H and O–H groups in total. The van der Waals surface area contributed by atoms with Crippen LogP contribution in [0.1, 0.15) is 20.3 Å². The average molecular weight is 162 g/mol. The zero-order valence-electron chi connectivity index (χ0n) is 7.39. The van der Waals surface area contributed by atoms with E-state index in [9.17, 15) is 0 Å². The highest BCUT2D eigenvalue weighted by atomic mass is 28.2. The zero-order valence-corrected chi connectivity index (χ0v) is 9.39. The Balaban J connectivity index is 3.56. The van der Waals surface area contributed by atoms with Crippen molar-refractivity contribution in [2.24, 2.45) is 5.92 Å². The van der Waals surface area contributed by atoms with Crippen LogP contribution in [0.2, 0.25) is 0 Å². The normalized spacial score (nSPS) is 17.1. The first-order chi connectivity index (χ1) is 4.76. The van der Waals surface area contributed by atoms with Crippen molar-refractivity contribution in [3.8, 4) is 0 Å². The fourth-order valence-electron chi connectivity index (χ4n) is 0.892. The molecule has 0 fully saturated rings. The molecular weight excluding hydrogens is 144 g/mol. The summed E-state index contributed by atoms with van der Waals surface area (Å²) >= 11 is 0. The SMILES string of the molecule is CCC(C)C(COC)O[SiH3]. The van der Waals surface area contributed by atoms with Gasteiger partial charge < -0.3 is 9.16 Å². The van der Waals surface area contributed by atoms with Crippen LogP contribution >= 0.6 is 0 Å². The molecule has 0 spiro atoms. The molecule has 0 heterocycles. The summed E-state index contributed by atoms with van der Waals surface area (Å²) in [5, 5.41) is 0. The molecule has 2 unspecified atom stereocenters. The van der Waals surface area contributed by atoms with Crippen molar-refractivity contribution in [1.82, 2.24) is 0 Å². The van der Waals surface area contributed by atoms with E-state index in [1.165, 1.54) is 0 Å². The van der Waals surface area contributed by atoms with Crippen LogP contribution in [0.4, 0.5) is 0 Å². The molecule has 0 radical (unpaired) electrons. The van der Waals surface area contributed by atoms with Crippen molar-refractivity contribution in [2.75, 3.05) is 13.7 Å². The third-order valence-electron chi connectivity index (χ3n) is 1.91. The second-order valence-corrected chi connectivity index (χ2v) is 3.09. The Kier molecular flexibility index (Phi) is 5.97. The highest BCUT2D eigenvalue weighted by molar-refractivity contribution is 5.98. The van der Waals surface area contributed by atoms with Gasteiger partial charge in [-0.15, -0.1) is 0 Å². The molecule has 0 aliphatic heterocycles. The molecule has 0 amide bonds. The van der Waals surface area contributed by atoms with Crippen LogP contribution in [0.3, 0.4) is 0 Å². The average Bonchev–Trinajstić information content (AvgIpc) is 1.99. The van der Waals surface area contributed by atoms with Crippen LogP contribution < -0.4 is 0 Å². The summed E-state index contributed by atoms with van der Waals surface area (Å²) in [6.07, 6.45) is 1.48. The first kappa shape index (κ1) is 10.1. The van der Waals surface area contributed by atoms with Gasteiger partial charge in [0.1, 0.15) is 10.5 Å². The van der Waals surface area contributed by atoms with E-state index in [1.54, 1.807) is 7.11 Å². The molecule has 62 valence electrons. The molecule has 0 aliphatic rings. The standard InChI is InChI=1S/C7H18O2Si/c1-4-6(2)7(9-10)5-8-3/h6-7H,4-5H2,1-3,10H3. The van der Waals surface area contributed by atoms with Crippen LogP contribution in [-0.4, -0.2) is 30.3 Å². The summed E-state index contributed by atoms with van der Waals surface area (Å²) in [6.45, 7) is 5.11. The second-order valence-electron chi connectivity index (χ2n) is 2.62. The lowest BCUT2D eigenvalue weighted by Crippen LogP contribution is -2.25. The predicted molar refractivity (Wildman–Crippen MR) is 46.1 cm³/mol. The Morgan fingerprint density at radius 1 is 1.50 bits per heavy atom. The van der Waals surface area contributed by atoms with E-state index in [0.29, 0.717) is 12.0 Å². The zero-order chi connectivity index (χ0) is 7.98. The van der Waals surface area contributed by atoms with E-state index in [2.05, 4.69) is 13.8 Å². The van der Waals surface area contributed by atoms with Gasteiger partial charge in [0.2, 0.25) is 0 Å². The molecule has 0 bridgehead atoms. The maximum atomic E-state index is 5.36. The summed E-state index contributed by atoms with van der Waals surface area (Å²) in [6, 6.07) is 0. The first-order valence-corrected chi connectivity index (χ1v) is 4.59. The Morgan fingerprint density at radius 2 is 2.10 bits per heavy atom. The first-order valence-electron chi connectivity index (χ1n) is 3.78. The summed E-state index contributed by atoms with van der Waals surface area (Å²) in [7, 11) is 2.53. The van der Waals surface area contributed by atoms with E-state index in [4.69, 9.17) is 9.16 Å². The lowest BCUT2D eigenvalue weighted by Gasteiger charge is -2.20. The molecule has 0 rings (SSSR count). The molecule has 0 aromatic carbocycles. The van der Waals surface area contributed by atoms with E-state index in [-0.39, 0.29) is 0 Å². The van der Waals surface area contributed by atoms with E-state index in [0.717, 1.165) is 23.5 Å². The van der Waals surface area contributed by atoms with Crippen molar-refractivity contribution in [2.45, 2.75) is 26.4 Å². The minimum Gasteiger partial charge on any atom is -0.422 e. The van der Waals surface area contributed by atoms with Gasteiger partial charge in [-0.1, -0.05) is 20.3 Å². The van der Waals surface area contributed by atoms with E-state index >= 15 is 0 Å². The van der Waals surface area contributed by atoms with Gasteiger partial charge in [0.15, 0.2) is 0 Å². The fraction of sp³-hybridized carbons (Fsp3) is 1.00. The molecule has 0 saturated carbocycles. The van der Waals surface area contributed by atoms with Crippen LogP contribution in [0.5, 0.6) is 0 Å². The van der Waals surface area contributed by atoms with Gasteiger partial charge in [0.25, 0.3) is 0 Å². The molecule has 3 heteroatoms. The van der Waals surface area contributed by atoms with Crippen molar-refractivity contribution < 1.29 is 9.16 Å². The van der Waals surface area contributed by atoms with Gasteiger partial charge in [0.05, 0.1) is 12.7 Å². The van der Waals surface area contributed by atoms with Crippen LogP contribution in [-0.2, 0) is 9.16 Å². The van der Waals surface area contributed by atoms with E-state index < -0.39 is 0 Å². The summed E-state index contributed by atoms with van der Waals surface area (Å²) < 4.78 is 10.4. The summed E-state index contributed by atoms with van der Waals surface area (Å²) in [5.74, 6) is 0.623. The summed E-state index contributed by atoms with van der Waals surface area (Å²) in [5.41, 5.74) is 0. The smallest absolute Gasteiger partial charge is 0.146 e. The minimum atomic E-state index is 0.321. The monoisotopic (exact) mass is 162 g/mol. The molecule has 0 aliphatic carbocycles. The maximum Gasteiger partial charge on any atom is 0.146 e. The maximum absolute atomic E-state index is 5.36. The van der Waals surface area contributed by atoms with Gasteiger partial charge >= 0.3 is 0 Å². The Hall–Kier alpha value is 0.137. The Labute approximate surface area is 66.5 Å². The lowest BCUT2D eigenvalue weighted by atomic mass is 10.0. The predicted octanol–water partition coefficient (Wildman–Crippen LogP) is 0.344. The van der Waals surface area contributed by atoms with Crippen LogP contribution in [0.25, 0.3) is 0 Å². The molecule has 10 heavy (non-hydrogen) atoms. The second kappa shape index (κ2) is 5.89. The fourth-order valence-corrected chi connectivity index (χ4v) is 1.49. The molecule has 2 nitrogen and oxygen atoms in total. The van der Waals surface area contributed by atoms with Gasteiger partial charge in [0, 0.05) is 7.11 Å².